The van der Waals surface area contributed by atoms with E-state index in [4.69, 9.17) is 5.73 Å². The van der Waals surface area contributed by atoms with Crippen LogP contribution in [0.4, 0.5) is 5.82 Å². The first-order valence-electron chi connectivity index (χ1n) is 7.47. The second kappa shape index (κ2) is 7.02. The van der Waals surface area contributed by atoms with Gasteiger partial charge < -0.3 is 16.0 Å². The normalized spacial score (nSPS) is 20.9. The van der Waals surface area contributed by atoms with E-state index in [2.05, 4.69) is 27.3 Å². The van der Waals surface area contributed by atoms with Gasteiger partial charge in [0.25, 0.3) is 0 Å². The molecule has 0 bridgehead atoms. The third-order valence-electron chi connectivity index (χ3n) is 3.85. The molecule has 3 N–H and O–H groups in total. The second-order valence-electron chi connectivity index (χ2n) is 5.93. The van der Waals surface area contributed by atoms with Crippen LogP contribution < -0.4 is 11.1 Å². The minimum atomic E-state index is -0.0135. The van der Waals surface area contributed by atoms with Gasteiger partial charge in [0.15, 0.2) is 0 Å². The Morgan fingerprint density at radius 1 is 1.52 bits per heavy atom. The van der Waals surface area contributed by atoms with Gasteiger partial charge in [0.2, 0.25) is 5.91 Å². The largest absolute Gasteiger partial charge is 0.329 e. The Kier molecular flexibility index (Phi) is 5.33. The molecule has 7 heteroatoms. The molecule has 0 radical (unpaired) electrons. The Hall–Kier alpha value is -1.44. The summed E-state index contributed by atoms with van der Waals surface area (Å²) in [5.74, 6) is 0.730. The van der Waals surface area contributed by atoms with Crippen molar-refractivity contribution < 1.29 is 4.79 Å². The van der Waals surface area contributed by atoms with Crippen LogP contribution >= 0.6 is 0 Å². The molecule has 2 rings (SSSR count). The standard InChI is InChI=1S/C14H26N6O/c1-11(2)20-13(4-5-16-20)17-14(21)10-19-7-6-18(3)9-12(19)8-15/h4-5,11-12H,6-10,15H2,1-3H3,(H,17,21). The van der Waals surface area contributed by atoms with Crippen molar-refractivity contribution in [1.82, 2.24) is 19.6 Å². The molecular weight excluding hydrogens is 268 g/mol. The summed E-state index contributed by atoms with van der Waals surface area (Å²) in [6.07, 6.45) is 1.70. The lowest BCUT2D eigenvalue weighted by molar-refractivity contribution is -0.118. The molecule has 0 aromatic carbocycles. The number of hydrogen-bond acceptors (Lipinski definition) is 5. The number of hydrogen-bond donors (Lipinski definition) is 2. The summed E-state index contributed by atoms with van der Waals surface area (Å²) >= 11 is 0. The summed E-state index contributed by atoms with van der Waals surface area (Å²) in [6.45, 7) is 7.76. The maximum Gasteiger partial charge on any atom is 0.239 e. The minimum Gasteiger partial charge on any atom is -0.329 e. The van der Waals surface area contributed by atoms with Gasteiger partial charge in [0, 0.05) is 44.3 Å². The van der Waals surface area contributed by atoms with Gasteiger partial charge in [-0.25, -0.2) is 4.68 Å². The molecule has 0 aliphatic carbocycles. The van der Waals surface area contributed by atoms with E-state index >= 15 is 0 Å². The number of likely N-dealkylation sites (N-methyl/N-ethyl adjacent to an activating group) is 1. The number of amides is 1. The molecule has 1 fully saturated rings. The molecule has 1 unspecified atom stereocenters. The van der Waals surface area contributed by atoms with Crippen molar-refractivity contribution in [2.75, 3.05) is 45.1 Å². The van der Waals surface area contributed by atoms with Crippen molar-refractivity contribution in [2.24, 2.45) is 5.73 Å². The molecular formula is C14H26N6O. The maximum atomic E-state index is 12.2. The first-order valence-corrected chi connectivity index (χ1v) is 7.47. The van der Waals surface area contributed by atoms with Gasteiger partial charge >= 0.3 is 0 Å². The number of anilines is 1. The van der Waals surface area contributed by atoms with E-state index in [9.17, 15) is 4.79 Å². The van der Waals surface area contributed by atoms with Crippen molar-refractivity contribution >= 4 is 11.7 Å². The molecule has 1 aromatic rings. The van der Waals surface area contributed by atoms with Crippen molar-refractivity contribution in [1.29, 1.82) is 0 Å². The highest BCUT2D eigenvalue weighted by atomic mass is 16.2. The van der Waals surface area contributed by atoms with Crippen LogP contribution in [0.5, 0.6) is 0 Å². The fraction of sp³-hybridized carbons (Fsp3) is 0.714. The predicted molar refractivity (Wildman–Crippen MR) is 83.2 cm³/mol. The highest BCUT2D eigenvalue weighted by Crippen LogP contribution is 2.13. The molecule has 1 aliphatic rings. The van der Waals surface area contributed by atoms with Crippen LogP contribution in [0.25, 0.3) is 0 Å². The maximum absolute atomic E-state index is 12.2. The summed E-state index contributed by atoms with van der Waals surface area (Å²) in [7, 11) is 2.08. The lowest BCUT2D eigenvalue weighted by atomic mass is 10.1. The number of nitrogens with one attached hydrogen (secondary N) is 1. The summed E-state index contributed by atoms with van der Waals surface area (Å²) in [5.41, 5.74) is 5.82. The van der Waals surface area contributed by atoms with Crippen molar-refractivity contribution in [3.05, 3.63) is 12.3 Å². The van der Waals surface area contributed by atoms with Gasteiger partial charge in [-0.05, 0) is 20.9 Å². The van der Waals surface area contributed by atoms with E-state index in [1.165, 1.54) is 0 Å². The molecule has 7 nitrogen and oxygen atoms in total. The van der Waals surface area contributed by atoms with Gasteiger partial charge in [-0.1, -0.05) is 0 Å². The zero-order valence-electron chi connectivity index (χ0n) is 13.1. The van der Waals surface area contributed by atoms with Crippen LogP contribution in [0.2, 0.25) is 0 Å². The van der Waals surface area contributed by atoms with Crippen LogP contribution in [0.15, 0.2) is 12.3 Å². The van der Waals surface area contributed by atoms with E-state index in [-0.39, 0.29) is 18.0 Å². The molecule has 1 aliphatic heterocycles. The Balaban J connectivity index is 1.93. The van der Waals surface area contributed by atoms with E-state index < -0.39 is 0 Å². The zero-order chi connectivity index (χ0) is 15.4. The van der Waals surface area contributed by atoms with Crippen molar-refractivity contribution in [3.63, 3.8) is 0 Å². The Morgan fingerprint density at radius 3 is 2.95 bits per heavy atom. The fourth-order valence-electron chi connectivity index (χ4n) is 2.67. The quantitative estimate of drug-likeness (QED) is 0.798. The van der Waals surface area contributed by atoms with E-state index in [1.807, 2.05) is 24.6 Å². The molecule has 1 atom stereocenters. The average Bonchev–Trinajstić information content (AvgIpc) is 2.89. The number of carbonyl (C=O) groups excluding carboxylic acids is 1. The minimum absolute atomic E-state index is 0.0135. The Morgan fingerprint density at radius 2 is 2.29 bits per heavy atom. The van der Waals surface area contributed by atoms with Crippen LogP contribution in [0, 0.1) is 0 Å². The molecule has 2 heterocycles. The Labute approximate surface area is 126 Å². The number of rotatable bonds is 5. The van der Waals surface area contributed by atoms with Crippen LogP contribution in [-0.2, 0) is 4.79 Å². The first kappa shape index (κ1) is 15.9. The van der Waals surface area contributed by atoms with Crippen LogP contribution in [0.3, 0.4) is 0 Å². The topological polar surface area (TPSA) is 79.4 Å². The number of aromatic nitrogens is 2. The molecule has 0 saturated carbocycles. The number of carbonyl (C=O) groups is 1. The van der Waals surface area contributed by atoms with Crippen LogP contribution in [0.1, 0.15) is 19.9 Å². The summed E-state index contributed by atoms with van der Waals surface area (Å²) in [6, 6.07) is 2.28. The lowest BCUT2D eigenvalue weighted by Gasteiger charge is -2.39. The van der Waals surface area contributed by atoms with Crippen molar-refractivity contribution in [3.8, 4) is 0 Å². The Bertz CT molecular complexity index is 472. The number of piperazine rings is 1. The fourth-order valence-corrected chi connectivity index (χ4v) is 2.67. The molecule has 0 spiro atoms. The SMILES string of the molecule is CC(C)n1nccc1NC(=O)CN1CCN(C)CC1CN. The van der Waals surface area contributed by atoms with E-state index in [0.29, 0.717) is 13.1 Å². The molecule has 1 saturated heterocycles. The van der Waals surface area contributed by atoms with Crippen molar-refractivity contribution in [2.45, 2.75) is 25.9 Å². The third kappa shape index (κ3) is 4.03. The average molecular weight is 294 g/mol. The van der Waals surface area contributed by atoms with Crippen LogP contribution in [-0.4, -0.2) is 71.3 Å². The highest BCUT2D eigenvalue weighted by Gasteiger charge is 2.25. The lowest BCUT2D eigenvalue weighted by Crippen LogP contribution is -2.56. The molecule has 118 valence electrons. The summed E-state index contributed by atoms with van der Waals surface area (Å²) in [5, 5.41) is 7.16. The second-order valence-corrected chi connectivity index (χ2v) is 5.93. The number of nitrogens with two attached hydrogens (primary N) is 1. The number of nitrogens with zero attached hydrogens (tertiary/aromatic N) is 4. The van der Waals surface area contributed by atoms with Gasteiger partial charge in [-0.3, -0.25) is 9.69 Å². The monoisotopic (exact) mass is 294 g/mol. The van der Waals surface area contributed by atoms with E-state index in [0.717, 1.165) is 25.5 Å². The van der Waals surface area contributed by atoms with Gasteiger partial charge in [-0.2, -0.15) is 5.10 Å². The third-order valence-corrected chi connectivity index (χ3v) is 3.85. The first-order chi connectivity index (χ1) is 10.0. The molecule has 21 heavy (non-hydrogen) atoms. The smallest absolute Gasteiger partial charge is 0.239 e. The summed E-state index contributed by atoms with van der Waals surface area (Å²) in [4.78, 5) is 16.7. The van der Waals surface area contributed by atoms with Gasteiger partial charge in [-0.15, -0.1) is 0 Å². The van der Waals surface area contributed by atoms with E-state index in [1.54, 1.807) is 6.20 Å². The van der Waals surface area contributed by atoms with Gasteiger partial charge in [0.05, 0.1) is 12.7 Å². The predicted octanol–water partition coefficient (Wildman–Crippen LogP) is -0.0228. The summed E-state index contributed by atoms with van der Waals surface area (Å²) < 4.78 is 1.81. The van der Waals surface area contributed by atoms with Gasteiger partial charge in [0.1, 0.15) is 5.82 Å². The highest BCUT2D eigenvalue weighted by molar-refractivity contribution is 5.91. The molecule has 1 amide bonds. The zero-order valence-corrected chi connectivity index (χ0v) is 13.1. The molecule has 1 aromatic heterocycles.